The van der Waals surface area contributed by atoms with Crippen molar-refractivity contribution >= 4 is 40.9 Å². The first-order valence-electron chi connectivity index (χ1n) is 16.1. The SMILES string of the molecule is CCOc1ccc(N2CC=C[C@H]3S[C@]45C=CCN(c6c(C)cccc6C)C(=O)C4N([C@@H](CO)[C@@H](C)CC)C(=O)[C@@H]5[C@H]3C2=O)cc1. The van der Waals surface area contributed by atoms with Crippen LogP contribution in [0.1, 0.15) is 38.3 Å². The lowest BCUT2D eigenvalue weighted by Gasteiger charge is -2.40. The molecule has 4 aliphatic heterocycles. The van der Waals surface area contributed by atoms with E-state index in [2.05, 4.69) is 0 Å². The fourth-order valence-electron chi connectivity index (χ4n) is 7.80. The van der Waals surface area contributed by atoms with Crippen LogP contribution in [0.25, 0.3) is 0 Å². The van der Waals surface area contributed by atoms with Crippen LogP contribution in [0.5, 0.6) is 5.75 Å². The third kappa shape index (κ3) is 4.99. The quantitative estimate of drug-likeness (QED) is 0.418. The van der Waals surface area contributed by atoms with E-state index < -0.39 is 28.7 Å². The van der Waals surface area contributed by atoms with Gasteiger partial charge in [0.15, 0.2) is 0 Å². The molecule has 1 unspecified atom stereocenters. The molecule has 1 N–H and O–H groups in total. The molecule has 2 aromatic rings. The first kappa shape index (κ1) is 31.4. The number of carbonyl (C=O) groups excluding carboxylic acids is 3. The minimum Gasteiger partial charge on any atom is -0.494 e. The van der Waals surface area contributed by atoms with Gasteiger partial charge in [0, 0.05) is 29.7 Å². The normalized spacial score (nSPS) is 28.8. The number of aryl methyl sites for hydroxylation is 2. The summed E-state index contributed by atoms with van der Waals surface area (Å²) < 4.78 is 4.65. The molecule has 2 fully saturated rings. The third-order valence-corrected chi connectivity index (χ3v) is 11.9. The number of amides is 3. The zero-order valence-corrected chi connectivity index (χ0v) is 27.5. The van der Waals surface area contributed by atoms with Crippen molar-refractivity contribution in [2.45, 2.75) is 63.1 Å². The monoisotopic (exact) mass is 629 g/mol. The lowest BCUT2D eigenvalue weighted by atomic mass is 9.78. The predicted octanol–water partition coefficient (Wildman–Crippen LogP) is 4.91. The molecule has 0 bridgehead atoms. The van der Waals surface area contributed by atoms with Crippen molar-refractivity contribution in [1.82, 2.24) is 4.90 Å². The number of rotatable bonds is 8. The van der Waals surface area contributed by atoms with Crippen molar-refractivity contribution in [2.24, 2.45) is 17.8 Å². The molecule has 0 aromatic heterocycles. The van der Waals surface area contributed by atoms with Gasteiger partial charge < -0.3 is 24.5 Å². The Morgan fingerprint density at radius 2 is 1.64 bits per heavy atom. The molecule has 0 aliphatic carbocycles. The topological polar surface area (TPSA) is 90.4 Å². The lowest BCUT2D eigenvalue weighted by molar-refractivity contribution is -0.142. The minimum absolute atomic E-state index is 0.0469. The van der Waals surface area contributed by atoms with Gasteiger partial charge in [-0.15, -0.1) is 11.8 Å². The summed E-state index contributed by atoms with van der Waals surface area (Å²) in [5.74, 6) is -1.26. The molecule has 3 amide bonds. The van der Waals surface area contributed by atoms with Crippen LogP contribution >= 0.6 is 11.8 Å². The number of thioether (sulfide) groups is 1. The van der Waals surface area contributed by atoms with Gasteiger partial charge in [0.1, 0.15) is 11.8 Å². The molecule has 238 valence electrons. The number of anilines is 2. The highest BCUT2D eigenvalue weighted by atomic mass is 32.2. The van der Waals surface area contributed by atoms with Gasteiger partial charge in [-0.1, -0.05) is 62.8 Å². The Labute approximate surface area is 270 Å². The summed E-state index contributed by atoms with van der Waals surface area (Å²) in [5.41, 5.74) is 3.54. The Hall–Kier alpha value is -3.56. The molecule has 8 nitrogen and oxygen atoms in total. The number of likely N-dealkylation sites (tertiary alicyclic amines) is 1. The zero-order valence-electron chi connectivity index (χ0n) is 26.7. The van der Waals surface area contributed by atoms with E-state index in [1.807, 2.05) is 101 Å². The molecule has 2 saturated heterocycles. The number of hydrogen-bond donors (Lipinski definition) is 1. The average molecular weight is 630 g/mol. The standard InChI is InChI=1S/C36H43N3O5S/c1-6-22(3)27(21-40)39-32-35(43)38(31-23(4)11-8-12-24(31)5)20-10-18-36(32)30(34(39)42)29-28(45-36)13-9-19-37(33(29)41)25-14-16-26(17-15-25)44-7-2/h8-18,22,27-30,32,40H,6-7,19-21H2,1-5H3/t22-,27-,28+,29-,30-,32?,36-/m0/s1. The van der Waals surface area contributed by atoms with Gasteiger partial charge in [-0.3, -0.25) is 14.4 Å². The van der Waals surface area contributed by atoms with Gasteiger partial charge in [-0.05, 0) is 62.1 Å². The molecule has 7 atom stereocenters. The van der Waals surface area contributed by atoms with E-state index in [0.29, 0.717) is 19.7 Å². The molecular weight excluding hydrogens is 586 g/mol. The third-order valence-electron chi connectivity index (χ3n) is 10.1. The highest BCUT2D eigenvalue weighted by Crippen LogP contribution is 2.62. The van der Waals surface area contributed by atoms with Crippen LogP contribution in [0, 0.1) is 31.6 Å². The largest absolute Gasteiger partial charge is 0.494 e. The van der Waals surface area contributed by atoms with Crippen molar-refractivity contribution in [3.63, 3.8) is 0 Å². The van der Waals surface area contributed by atoms with Crippen LogP contribution in [-0.4, -0.2) is 76.1 Å². The summed E-state index contributed by atoms with van der Waals surface area (Å²) in [5, 5.41) is 10.5. The van der Waals surface area contributed by atoms with E-state index in [1.165, 1.54) is 0 Å². The van der Waals surface area contributed by atoms with Gasteiger partial charge >= 0.3 is 0 Å². The second-order valence-corrected chi connectivity index (χ2v) is 14.1. The molecule has 45 heavy (non-hydrogen) atoms. The van der Waals surface area contributed by atoms with Gasteiger partial charge in [-0.25, -0.2) is 0 Å². The van der Waals surface area contributed by atoms with E-state index >= 15 is 0 Å². The van der Waals surface area contributed by atoms with Crippen molar-refractivity contribution in [3.05, 3.63) is 77.9 Å². The van der Waals surface area contributed by atoms with Gasteiger partial charge in [0.2, 0.25) is 11.8 Å². The van der Waals surface area contributed by atoms with Crippen LogP contribution in [-0.2, 0) is 14.4 Å². The molecule has 0 radical (unpaired) electrons. The number of nitrogens with zero attached hydrogens (tertiary/aromatic N) is 3. The number of aliphatic hydroxyl groups excluding tert-OH is 1. The van der Waals surface area contributed by atoms with Crippen molar-refractivity contribution in [3.8, 4) is 5.75 Å². The van der Waals surface area contributed by atoms with E-state index in [1.54, 1.807) is 26.5 Å². The Morgan fingerprint density at radius 1 is 0.956 bits per heavy atom. The maximum absolute atomic E-state index is 15.0. The van der Waals surface area contributed by atoms with Crippen LogP contribution in [0.2, 0.25) is 0 Å². The molecule has 1 spiro atoms. The smallest absolute Gasteiger partial charge is 0.251 e. The molecule has 4 heterocycles. The summed E-state index contributed by atoms with van der Waals surface area (Å²) in [6, 6.07) is 12.0. The maximum atomic E-state index is 15.0. The molecule has 9 heteroatoms. The van der Waals surface area contributed by atoms with Crippen molar-refractivity contribution < 1.29 is 24.2 Å². The number of ether oxygens (including phenoxy) is 1. The maximum Gasteiger partial charge on any atom is 0.251 e. The minimum atomic E-state index is -0.961. The number of fused-ring (bicyclic) bond motifs is 2. The summed E-state index contributed by atoms with van der Waals surface area (Å²) in [4.78, 5) is 49.6. The molecule has 4 aliphatic rings. The zero-order chi connectivity index (χ0) is 32.0. The van der Waals surface area contributed by atoms with E-state index in [9.17, 15) is 19.5 Å². The second kappa shape index (κ2) is 12.3. The van der Waals surface area contributed by atoms with Crippen LogP contribution in [0.3, 0.4) is 0 Å². The summed E-state index contributed by atoms with van der Waals surface area (Å²) in [6.07, 6.45) is 8.83. The number of aliphatic hydroxyl groups is 1. The summed E-state index contributed by atoms with van der Waals surface area (Å²) in [6.45, 7) is 11.0. The van der Waals surface area contributed by atoms with Gasteiger partial charge in [0.05, 0.1) is 35.8 Å². The van der Waals surface area contributed by atoms with Gasteiger partial charge in [-0.2, -0.15) is 0 Å². The molecule has 6 rings (SSSR count). The first-order chi connectivity index (χ1) is 21.7. The Bertz CT molecular complexity index is 1520. The highest BCUT2D eigenvalue weighted by molar-refractivity contribution is 8.02. The predicted molar refractivity (Wildman–Crippen MR) is 179 cm³/mol. The average Bonchev–Trinajstić information content (AvgIpc) is 3.34. The number of benzene rings is 2. The highest BCUT2D eigenvalue weighted by Gasteiger charge is 2.72. The van der Waals surface area contributed by atoms with Crippen LogP contribution < -0.4 is 14.5 Å². The summed E-state index contributed by atoms with van der Waals surface area (Å²) in [7, 11) is 0. The second-order valence-electron chi connectivity index (χ2n) is 12.6. The van der Waals surface area contributed by atoms with Crippen molar-refractivity contribution in [2.75, 3.05) is 36.1 Å². The fraction of sp³-hybridized carbons (Fsp3) is 0.472. The van der Waals surface area contributed by atoms with E-state index in [0.717, 1.165) is 34.7 Å². The molecular formula is C36H43N3O5S. The Kier molecular flexibility index (Phi) is 8.61. The number of para-hydroxylation sites is 1. The Balaban J connectivity index is 1.46. The van der Waals surface area contributed by atoms with Crippen LogP contribution in [0.4, 0.5) is 11.4 Å². The van der Waals surface area contributed by atoms with Crippen molar-refractivity contribution in [1.29, 1.82) is 0 Å². The number of carbonyl (C=O) groups is 3. The van der Waals surface area contributed by atoms with E-state index in [-0.39, 0.29) is 35.5 Å². The molecule has 2 aromatic carbocycles. The fourth-order valence-corrected chi connectivity index (χ4v) is 9.79. The molecule has 0 saturated carbocycles. The summed E-state index contributed by atoms with van der Waals surface area (Å²) >= 11 is 1.56. The van der Waals surface area contributed by atoms with E-state index in [4.69, 9.17) is 4.74 Å². The van der Waals surface area contributed by atoms with Crippen LogP contribution in [0.15, 0.2) is 66.8 Å². The van der Waals surface area contributed by atoms with Gasteiger partial charge in [0.25, 0.3) is 5.91 Å². The first-order valence-corrected chi connectivity index (χ1v) is 16.9. The lowest BCUT2D eigenvalue weighted by Crippen LogP contribution is -2.58. The number of hydrogen-bond acceptors (Lipinski definition) is 6. The Morgan fingerprint density at radius 3 is 2.29 bits per heavy atom.